The molecule has 1 fully saturated rings. The van der Waals surface area contributed by atoms with Crippen molar-refractivity contribution in [3.63, 3.8) is 0 Å². The zero-order chi connectivity index (χ0) is 16.8. The summed E-state index contributed by atoms with van der Waals surface area (Å²) in [6.07, 6.45) is 1.79. The van der Waals surface area contributed by atoms with Crippen LogP contribution in [0.2, 0.25) is 0 Å². The number of piperazine rings is 1. The first-order valence-electron chi connectivity index (χ1n) is 8.13. The zero-order valence-electron chi connectivity index (χ0n) is 14.3. The van der Waals surface area contributed by atoms with Gasteiger partial charge in [-0.05, 0) is 49.3 Å². The molecule has 0 bridgehead atoms. The van der Waals surface area contributed by atoms with E-state index in [1.807, 2.05) is 0 Å². The molecular weight excluding hydrogens is 306 g/mol. The molecule has 0 saturated carbocycles. The lowest BCUT2D eigenvalue weighted by molar-refractivity contribution is 0.132. The third-order valence-electron chi connectivity index (χ3n) is 4.38. The van der Waals surface area contributed by atoms with Crippen molar-refractivity contribution in [3.05, 3.63) is 34.4 Å². The van der Waals surface area contributed by atoms with Crippen LogP contribution in [-0.4, -0.2) is 53.9 Å². The lowest BCUT2D eigenvalue weighted by atomic mass is 9.99. The van der Waals surface area contributed by atoms with Gasteiger partial charge in [-0.3, -0.25) is 10.3 Å². The number of aryl methyl sites for hydroxylation is 1. The van der Waals surface area contributed by atoms with Crippen LogP contribution in [0.4, 0.5) is 0 Å². The zero-order valence-corrected chi connectivity index (χ0v) is 15.1. The fourth-order valence-corrected chi connectivity index (χ4v) is 2.98. The van der Waals surface area contributed by atoms with Gasteiger partial charge in [-0.25, -0.2) is 0 Å². The van der Waals surface area contributed by atoms with Crippen LogP contribution in [0.25, 0.3) is 0 Å². The molecule has 0 atom stereocenters. The van der Waals surface area contributed by atoms with E-state index in [9.17, 15) is 0 Å². The summed E-state index contributed by atoms with van der Waals surface area (Å²) in [6, 6.07) is 4.42. The largest absolute Gasteiger partial charge is 0.375 e. The second-order valence-electron chi connectivity index (χ2n) is 6.08. The fourth-order valence-electron chi connectivity index (χ4n) is 2.93. The van der Waals surface area contributed by atoms with Crippen LogP contribution in [0.1, 0.15) is 29.2 Å². The van der Waals surface area contributed by atoms with E-state index in [1.54, 1.807) is 6.21 Å². The maximum absolute atomic E-state index is 5.40. The van der Waals surface area contributed by atoms with E-state index in [0.717, 1.165) is 44.8 Å². The molecule has 6 heteroatoms. The highest BCUT2D eigenvalue weighted by molar-refractivity contribution is 7.80. The van der Waals surface area contributed by atoms with Crippen molar-refractivity contribution in [2.45, 2.75) is 27.3 Å². The third kappa shape index (κ3) is 5.27. The van der Waals surface area contributed by atoms with E-state index in [2.05, 4.69) is 53.2 Å². The van der Waals surface area contributed by atoms with Crippen molar-refractivity contribution in [2.75, 3.05) is 32.7 Å². The Morgan fingerprint density at radius 3 is 2.52 bits per heavy atom. The number of hydrogen-bond donors (Lipinski definition) is 2. The molecule has 1 aromatic rings. The molecule has 2 rings (SSSR count). The highest BCUT2D eigenvalue weighted by atomic mass is 32.1. The van der Waals surface area contributed by atoms with Gasteiger partial charge >= 0.3 is 0 Å². The maximum atomic E-state index is 5.40. The standard InChI is InChI=1S/C17H27N5S/c1-4-21-5-7-22(8-6-21)12-16-10-13(2)9-15(14(16)3)11-19-20-17(18)23/h9-11H,4-8,12H2,1-3H3,(H3,18,20,23). The van der Waals surface area contributed by atoms with Gasteiger partial charge in [0.1, 0.15) is 0 Å². The number of nitrogens with zero attached hydrogens (tertiary/aromatic N) is 3. The quantitative estimate of drug-likeness (QED) is 0.487. The van der Waals surface area contributed by atoms with Gasteiger partial charge in [-0.1, -0.05) is 24.6 Å². The highest BCUT2D eigenvalue weighted by Crippen LogP contribution is 2.18. The molecule has 1 heterocycles. The molecule has 0 unspecified atom stereocenters. The Morgan fingerprint density at radius 1 is 1.26 bits per heavy atom. The van der Waals surface area contributed by atoms with Crippen LogP contribution >= 0.6 is 12.2 Å². The highest BCUT2D eigenvalue weighted by Gasteiger charge is 2.16. The number of hydrazone groups is 1. The lowest BCUT2D eigenvalue weighted by Crippen LogP contribution is -2.45. The Bertz CT molecular complexity index is 577. The average molecular weight is 334 g/mol. The van der Waals surface area contributed by atoms with E-state index in [1.165, 1.54) is 16.7 Å². The minimum atomic E-state index is 0.181. The Balaban J connectivity index is 2.08. The van der Waals surface area contributed by atoms with Gasteiger partial charge in [0.2, 0.25) is 0 Å². The smallest absolute Gasteiger partial charge is 0.184 e. The summed E-state index contributed by atoms with van der Waals surface area (Å²) in [4.78, 5) is 5.03. The monoisotopic (exact) mass is 333 g/mol. The van der Waals surface area contributed by atoms with Crippen LogP contribution in [0.15, 0.2) is 17.2 Å². The average Bonchev–Trinajstić information content (AvgIpc) is 2.52. The van der Waals surface area contributed by atoms with E-state index < -0.39 is 0 Å². The van der Waals surface area contributed by atoms with Gasteiger partial charge in [0.25, 0.3) is 0 Å². The minimum Gasteiger partial charge on any atom is -0.375 e. The van der Waals surface area contributed by atoms with Gasteiger partial charge in [0.15, 0.2) is 5.11 Å². The predicted molar refractivity (Wildman–Crippen MR) is 101 cm³/mol. The fraction of sp³-hybridized carbons (Fsp3) is 0.529. The van der Waals surface area contributed by atoms with Crippen molar-refractivity contribution in [2.24, 2.45) is 10.8 Å². The first-order chi connectivity index (χ1) is 11.0. The van der Waals surface area contributed by atoms with Crippen molar-refractivity contribution in [1.29, 1.82) is 0 Å². The molecule has 0 amide bonds. The van der Waals surface area contributed by atoms with Crippen LogP contribution in [-0.2, 0) is 6.54 Å². The summed E-state index contributed by atoms with van der Waals surface area (Å²) >= 11 is 4.77. The number of likely N-dealkylation sites (N-methyl/N-ethyl adjacent to an activating group) is 1. The summed E-state index contributed by atoms with van der Waals surface area (Å²) in [7, 11) is 0. The maximum Gasteiger partial charge on any atom is 0.184 e. The van der Waals surface area contributed by atoms with Crippen molar-refractivity contribution < 1.29 is 0 Å². The second kappa shape index (κ2) is 8.38. The van der Waals surface area contributed by atoms with Gasteiger partial charge in [0, 0.05) is 32.7 Å². The molecule has 0 radical (unpaired) electrons. The molecule has 3 N–H and O–H groups in total. The molecule has 0 aliphatic carbocycles. The molecule has 1 aromatic carbocycles. The first kappa shape index (κ1) is 17.8. The summed E-state index contributed by atoms with van der Waals surface area (Å²) in [6.45, 7) is 13.2. The second-order valence-corrected chi connectivity index (χ2v) is 6.52. The number of thiocarbonyl (C=S) groups is 1. The summed E-state index contributed by atoms with van der Waals surface area (Å²) in [5.41, 5.74) is 13.0. The summed E-state index contributed by atoms with van der Waals surface area (Å²) < 4.78 is 0. The number of rotatable bonds is 5. The van der Waals surface area contributed by atoms with Crippen molar-refractivity contribution in [1.82, 2.24) is 15.2 Å². The van der Waals surface area contributed by atoms with Gasteiger partial charge in [-0.15, -0.1) is 0 Å². The topological polar surface area (TPSA) is 56.9 Å². The molecule has 0 aromatic heterocycles. The molecule has 5 nitrogen and oxygen atoms in total. The number of hydrogen-bond acceptors (Lipinski definition) is 4. The molecular formula is C17H27N5S. The Labute approximate surface area is 144 Å². The number of nitrogens with one attached hydrogen (secondary N) is 1. The molecule has 0 spiro atoms. The van der Waals surface area contributed by atoms with E-state index in [0.29, 0.717) is 0 Å². The first-order valence-corrected chi connectivity index (χ1v) is 8.53. The van der Waals surface area contributed by atoms with Gasteiger partial charge in [-0.2, -0.15) is 5.10 Å². The van der Waals surface area contributed by atoms with Gasteiger partial charge in [0.05, 0.1) is 6.21 Å². The summed E-state index contributed by atoms with van der Waals surface area (Å²) in [5, 5.41) is 4.27. The van der Waals surface area contributed by atoms with Crippen LogP contribution < -0.4 is 11.2 Å². The Morgan fingerprint density at radius 2 is 1.91 bits per heavy atom. The molecule has 1 saturated heterocycles. The molecule has 126 valence electrons. The van der Waals surface area contributed by atoms with Crippen LogP contribution in [0.3, 0.4) is 0 Å². The van der Waals surface area contributed by atoms with Crippen molar-refractivity contribution >= 4 is 23.5 Å². The normalized spacial score (nSPS) is 16.8. The number of nitrogens with two attached hydrogens (primary N) is 1. The number of benzene rings is 1. The van der Waals surface area contributed by atoms with E-state index >= 15 is 0 Å². The van der Waals surface area contributed by atoms with E-state index in [-0.39, 0.29) is 5.11 Å². The van der Waals surface area contributed by atoms with Crippen LogP contribution in [0, 0.1) is 13.8 Å². The SMILES string of the molecule is CCN1CCN(Cc2cc(C)cc(C=NNC(N)=S)c2C)CC1. The van der Waals surface area contributed by atoms with Gasteiger partial charge < -0.3 is 10.6 Å². The Kier molecular flexibility index (Phi) is 6.50. The van der Waals surface area contributed by atoms with E-state index in [4.69, 9.17) is 18.0 Å². The molecule has 23 heavy (non-hydrogen) atoms. The predicted octanol–water partition coefficient (Wildman–Crippen LogP) is 1.61. The Hall–Kier alpha value is -1.50. The lowest BCUT2D eigenvalue weighted by Gasteiger charge is -2.34. The van der Waals surface area contributed by atoms with Crippen LogP contribution in [0.5, 0.6) is 0 Å². The van der Waals surface area contributed by atoms with Crippen molar-refractivity contribution in [3.8, 4) is 0 Å². The molecule has 1 aliphatic heterocycles. The minimum absolute atomic E-state index is 0.181. The third-order valence-corrected chi connectivity index (χ3v) is 4.48. The summed E-state index contributed by atoms with van der Waals surface area (Å²) in [5.74, 6) is 0. The molecule has 1 aliphatic rings.